The highest BCUT2D eigenvalue weighted by Crippen LogP contribution is 2.18. The van der Waals surface area contributed by atoms with Gasteiger partial charge in [0.2, 0.25) is 0 Å². The SMILES string of the molecule is C[Si](C)O[Si](C)(C)O[Si](c1ccccc1)(c1ccccc1)c1ccccc1. The Morgan fingerprint density at radius 2 is 0.926 bits per heavy atom. The third-order valence-electron chi connectivity index (χ3n) is 4.39. The summed E-state index contributed by atoms with van der Waals surface area (Å²) in [6, 6.07) is 32.1. The molecule has 0 aliphatic heterocycles. The summed E-state index contributed by atoms with van der Waals surface area (Å²) in [4.78, 5) is 0. The lowest BCUT2D eigenvalue weighted by molar-refractivity contribution is 0.413. The summed E-state index contributed by atoms with van der Waals surface area (Å²) in [7, 11) is -5.86. The van der Waals surface area contributed by atoms with Gasteiger partial charge < -0.3 is 8.23 Å². The summed E-state index contributed by atoms with van der Waals surface area (Å²) in [5, 5.41) is 3.77. The molecule has 1 radical (unpaired) electrons. The zero-order chi connectivity index (χ0) is 19.3. The van der Waals surface area contributed by atoms with Crippen molar-refractivity contribution in [3.63, 3.8) is 0 Å². The van der Waals surface area contributed by atoms with Crippen LogP contribution in [0.15, 0.2) is 91.0 Å². The first kappa shape index (κ1) is 20.0. The molecule has 2 nitrogen and oxygen atoms in total. The molecule has 0 amide bonds. The van der Waals surface area contributed by atoms with E-state index in [9.17, 15) is 0 Å². The molecule has 0 spiro atoms. The predicted octanol–water partition coefficient (Wildman–Crippen LogP) is 3.64. The Bertz CT molecular complexity index is 741. The van der Waals surface area contributed by atoms with Crippen molar-refractivity contribution in [3.05, 3.63) is 91.0 Å². The smallest absolute Gasteiger partial charge is 0.311 e. The molecule has 0 aromatic heterocycles. The zero-order valence-electron chi connectivity index (χ0n) is 16.5. The van der Waals surface area contributed by atoms with E-state index in [1.54, 1.807) is 0 Å². The van der Waals surface area contributed by atoms with E-state index in [0.29, 0.717) is 0 Å². The molecule has 0 unspecified atom stereocenters. The fourth-order valence-electron chi connectivity index (χ4n) is 3.58. The molecule has 139 valence electrons. The molecular formula is C22H27O2Si3. The zero-order valence-corrected chi connectivity index (χ0v) is 19.5. The third kappa shape index (κ3) is 4.56. The Kier molecular flexibility index (Phi) is 6.29. The Hall–Kier alpha value is -1.77. The molecule has 0 saturated heterocycles. The molecule has 3 aromatic carbocycles. The van der Waals surface area contributed by atoms with Crippen molar-refractivity contribution in [2.45, 2.75) is 26.2 Å². The van der Waals surface area contributed by atoms with Gasteiger partial charge in [-0.3, -0.25) is 0 Å². The van der Waals surface area contributed by atoms with E-state index >= 15 is 0 Å². The summed E-state index contributed by atoms with van der Waals surface area (Å²) >= 11 is 0. The van der Waals surface area contributed by atoms with Gasteiger partial charge in [0.15, 0.2) is 9.04 Å². The lowest BCUT2D eigenvalue weighted by Gasteiger charge is -2.40. The van der Waals surface area contributed by atoms with E-state index < -0.39 is 25.9 Å². The van der Waals surface area contributed by atoms with Gasteiger partial charge in [0.25, 0.3) is 8.32 Å². The first-order valence-corrected chi connectivity index (χ1v) is 16.4. The minimum Gasteiger partial charge on any atom is -0.437 e. The van der Waals surface area contributed by atoms with Crippen LogP contribution in [0.3, 0.4) is 0 Å². The van der Waals surface area contributed by atoms with Crippen LogP contribution in [0.25, 0.3) is 0 Å². The van der Waals surface area contributed by atoms with Crippen molar-refractivity contribution in [2.24, 2.45) is 0 Å². The van der Waals surface area contributed by atoms with Gasteiger partial charge in [0.1, 0.15) is 0 Å². The van der Waals surface area contributed by atoms with Gasteiger partial charge in [-0.15, -0.1) is 0 Å². The maximum absolute atomic E-state index is 7.18. The van der Waals surface area contributed by atoms with Gasteiger partial charge in [-0.05, 0) is 41.7 Å². The van der Waals surface area contributed by atoms with E-state index in [4.69, 9.17) is 8.23 Å². The average molecular weight is 408 g/mol. The molecule has 0 bridgehead atoms. The molecule has 0 aliphatic carbocycles. The monoisotopic (exact) mass is 407 g/mol. The summed E-state index contributed by atoms with van der Waals surface area (Å²) in [6.07, 6.45) is 0. The lowest BCUT2D eigenvalue weighted by atomic mass is 10.3. The second-order valence-corrected chi connectivity index (χ2v) is 16.6. The fourth-order valence-corrected chi connectivity index (χ4v) is 15.4. The Morgan fingerprint density at radius 1 is 0.593 bits per heavy atom. The molecule has 3 rings (SSSR count). The molecule has 0 atom stereocenters. The van der Waals surface area contributed by atoms with Gasteiger partial charge in [-0.2, -0.15) is 0 Å². The van der Waals surface area contributed by atoms with Gasteiger partial charge in [0.05, 0.1) is 0 Å². The third-order valence-corrected chi connectivity index (χ3v) is 14.6. The average Bonchev–Trinajstić information content (AvgIpc) is 2.67. The van der Waals surface area contributed by atoms with Gasteiger partial charge in [-0.25, -0.2) is 0 Å². The van der Waals surface area contributed by atoms with E-state index in [2.05, 4.69) is 117 Å². The van der Waals surface area contributed by atoms with Crippen LogP contribution >= 0.6 is 0 Å². The lowest BCUT2D eigenvalue weighted by Crippen LogP contribution is -2.73. The van der Waals surface area contributed by atoms with Crippen molar-refractivity contribution < 1.29 is 8.23 Å². The van der Waals surface area contributed by atoms with Crippen LogP contribution in [-0.4, -0.2) is 25.9 Å². The van der Waals surface area contributed by atoms with E-state index in [1.807, 2.05) is 0 Å². The van der Waals surface area contributed by atoms with Crippen LogP contribution in [0.1, 0.15) is 0 Å². The molecule has 0 fully saturated rings. The minimum atomic E-state index is -2.67. The molecule has 0 heterocycles. The standard InChI is InChI=1S/C22H27O2Si3/c1-25(2)23-26(3,4)24-27(20-14-8-5-9-15-20,21-16-10-6-11-17-21)22-18-12-7-13-19-22/h5-19H,1-4H3. The van der Waals surface area contributed by atoms with Crippen LogP contribution in [0.5, 0.6) is 0 Å². The molecule has 5 heteroatoms. The number of rotatable bonds is 7. The van der Waals surface area contributed by atoms with Crippen LogP contribution in [0.2, 0.25) is 26.2 Å². The fraction of sp³-hybridized carbons (Fsp3) is 0.182. The second-order valence-electron chi connectivity index (χ2n) is 7.29. The highest BCUT2D eigenvalue weighted by molar-refractivity contribution is 7.10. The predicted molar refractivity (Wildman–Crippen MR) is 121 cm³/mol. The summed E-state index contributed by atoms with van der Waals surface area (Å²) in [5.74, 6) is 0. The van der Waals surface area contributed by atoms with Gasteiger partial charge in [0, 0.05) is 0 Å². The Balaban J connectivity index is 2.26. The van der Waals surface area contributed by atoms with E-state index in [-0.39, 0.29) is 0 Å². The Morgan fingerprint density at radius 3 is 1.22 bits per heavy atom. The largest absolute Gasteiger partial charge is 0.437 e. The topological polar surface area (TPSA) is 18.5 Å². The molecule has 0 N–H and O–H groups in total. The normalized spacial score (nSPS) is 12.3. The summed E-state index contributed by atoms with van der Waals surface area (Å²) in [5.41, 5.74) is 0. The van der Waals surface area contributed by atoms with Crippen LogP contribution < -0.4 is 15.6 Å². The van der Waals surface area contributed by atoms with Crippen molar-refractivity contribution in [3.8, 4) is 0 Å². The first-order valence-electron chi connectivity index (χ1n) is 9.30. The molecule has 0 saturated carbocycles. The summed E-state index contributed by atoms with van der Waals surface area (Å²) in [6.45, 7) is 8.72. The molecular weight excluding hydrogens is 380 g/mol. The van der Waals surface area contributed by atoms with E-state index in [0.717, 1.165) is 0 Å². The maximum Gasteiger partial charge on any atom is 0.311 e. The van der Waals surface area contributed by atoms with Crippen molar-refractivity contribution in [1.29, 1.82) is 0 Å². The Labute approximate surface area is 166 Å². The number of benzene rings is 3. The highest BCUT2D eigenvalue weighted by Gasteiger charge is 2.47. The second kappa shape index (κ2) is 8.50. The van der Waals surface area contributed by atoms with Crippen LogP contribution in [0.4, 0.5) is 0 Å². The maximum atomic E-state index is 7.18. The van der Waals surface area contributed by atoms with Crippen molar-refractivity contribution in [2.75, 3.05) is 0 Å². The number of hydrogen-bond acceptors (Lipinski definition) is 2. The van der Waals surface area contributed by atoms with Crippen LogP contribution in [0, 0.1) is 0 Å². The molecule has 3 aromatic rings. The summed E-state index contributed by atoms with van der Waals surface area (Å²) < 4.78 is 13.6. The minimum absolute atomic E-state index is 0.849. The molecule has 27 heavy (non-hydrogen) atoms. The van der Waals surface area contributed by atoms with Gasteiger partial charge in [-0.1, -0.05) is 91.0 Å². The van der Waals surface area contributed by atoms with Crippen molar-refractivity contribution >= 4 is 41.5 Å². The number of hydrogen-bond donors (Lipinski definition) is 0. The quantitative estimate of drug-likeness (QED) is 0.440. The first-order chi connectivity index (χ1) is 12.9. The van der Waals surface area contributed by atoms with Gasteiger partial charge >= 0.3 is 8.56 Å². The highest BCUT2D eigenvalue weighted by atomic mass is 28.5. The molecule has 0 aliphatic rings. The van der Waals surface area contributed by atoms with Crippen LogP contribution in [-0.2, 0) is 8.23 Å². The van der Waals surface area contributed by atoms with Crippen molar-refractivity contribution in [1.82, 2.24) is 0 Å². The van der Waals surface area contributed by atoms with E-state index in [1.165, 1.54) is 15.6 Å².